The summed E-state index contributed by atoms with van der Waals surface area (Å²) in [5.74, 6) is 0.836. The molecule has 1 unspecified atom stereocenters. The Morgan fingerprint density at radius 3 is 2.73 bits per heavy atom. The van der Waals surface area contributed by atoms with Crippen LogP contribution in [0.1, 0.15) is 37.9 Å². The molecule has 0 radical (unpaired) electrons. The van der Waals surface area contributed by atoms with Crippen molar-refractivity contribution < 1.29 is 4.79 Å². The van der Waals surface area contributed by atoms with Gasteiger partial charge in [0.25, 0.3) is 5.56 Å². The first-order chi connectivity index (χ1) is 12.4. The zero-order valence-electron chi connectivity index (χ0n) is 15.6. The molecule has 0 saturated heterocycles. The normalized spacial score (nSPS) is 12.2. The van der Waals surface area contributed by atoms with Crippen LogP contribution in [0.3, 0.4) is 0 Å². The monoisotopic (exact) mass is 357 g/mol. The molecule has 7 nitrogen and oxygen atoms in total. The number of nitrogens with two attached hydrogens (primary N) is 1. The van der Waals surface area contributed by atoms with Crippen molar-refractivity contribution in [2.75, 3.05) is 6.54 Å². The molecule has 1 amide bonds. The van der Waals surface area contributed by atoms with Crippen LogP contribution in [-0.2, 0) is 11.2 Å². The van der Waals surface area contributed by atoms with E-state index in [2.05, 4.69) is 34.1 Å². The summed E-state index contributed by atoms with van der Waals surface area (Å²) in [6, 6.07) is 3.58. The molecule has 1 atom stereocenters. The van der Waals surface area contributed by atoms with Crippen LogP contribution in [0.4, 0.5) is 0 Å². The molecule has 0 aliphatic rings. The van der Waals surface area contributed by atoms with Crippen molar-refractivity contribution in [2.24, 2.45) is 11.7 Å². The summed E-state index contributed by atoms with van der Waals surface area (Å²) >= 11 is 0. The van der Waals surface area contributed by atoms with E-state index in [0.717, 1.165) is 12.0 Å². The number of hydrogen-bond acceptors (Lipinski definition) is 5. The van der Waals surface area contributed by atoms with Gasteiger partial charge in [-0.05, 0) is 37.8 Å². The summed E-state index contributed by atoms with van der Waals surface area (Å²) in [6.07, 6.45) is 4.71. The molecule has 0 bridgehead atoms. The maximum Gasteiger partial charge on any atom is 0.254 e. The van der Waals surface area contributed by atoms with Gasteiger partial charge in [-0.3, -0.25) is 14.6 Å². The molecular formula is C19H27N5O2. The number of H-pyrrole nitrogens is 1. The number of carbonyl (C=O) groups excluding carboxylic acids is 1. The fourth-order valence-corrected chi connectivity index (χ4v) is 2.87. The van der Waals surface area contributed by atoms with E-state index in [1.54, 1.807) is 25.4 Å². The van der Waals surface area contributed by atoms with Gasteiger partial charge in [-0.2, -0.15) is 0 Å². The molecule has 26 heavy (non-hydrogen) atoms. The van der Waals surface area contributed by atoms with Gasteiger partial charge in [-0.15, -0.1) is 0 Å². The van der Waals surface area contributed by atoms with Crippen LogP contribution in [0.25, 0.3) is 11.4 Å². The third-order valence-corrected chi connectivity index (χ3v) is 4.16. The fourth-order valence-electron chi connectivity index (χ4n) is 2.87. The Balaban J connectivity index is 2.04. The van der Waals surface area contributed by atoms with E-state index in [-0.39, 0.29) is 23.9 Å². The quantitative estimate of drug-likeness (QED) is 0.663. The van der Waals surface area contributed by atoms with Gasteiger partial charge in [0, 0.05) is 48.2 Å². The first kappa shape index (κ1) is 19.8. The zero-order chi connectivity index (χ0) is 19.1. The molecule has 2 aromatic heterocycles. The lowest BCUT2D eigenvalue weighted by Gasteiger charge is -2.18. The second kappa shape index (κ2) is 9.24. The minimum Gasteiger partial charge on any atom is -0.352 e. The molecular weight excluding hydrogens is 330 g/mol. The topological polar surface area (TPSA) is 114 Å². The van der Waals surface area contributed by atoms with E-state index in [1.807, 2.05) is 6.07 Å². The highest BCUT2D eigenvalue weighted by Crippen LogP contribution is 2.13. The minimum absolute atomic E-state index is 0.0343. The van der Waals surface area contributed by atoms with Crippen molar-refractivity contribution in [3.8, 4) is 11.4 Å². The van der Waals surface area contributed by atoms with Crippen molar-refractivity contribution in [3.63, 3.8) is 0 Å². The molecule has 2 aromatic rings. The number of nitrogens with zero attached hydrogens (tertiary/aromatic N) is 2. The molecule has 0 fully saturated rings. The maximum absolute atomic E-state index is 12.4. The van der Waals surface area contributed by atoms with Crippen molar-refractivity contribution >= 4 is 5.91 Å². The number of pyridine rings is 1. The molecule has 0 spiro atoms. The van der Waals surface area contributed by atoms with Crippen LogP contribution in [0.15, 0.2) is 29.3 Å². The van der Waals surface area contributed by atoms with E-state index in [4.69, 9.17) is 5.73 Å². The van der Waals surface area contributed by atoms with Gasteiger partial charge in [-0.25, -0.2) is 4.98 Å². The van der Waals surface area contributed by atoms with Gasteiger partial charge in [-0.1, -0.05) is 13.8 Å². The first-order valence-electron chi connectivity index (χ1n) is 8.90. The van der Waals surface area contributed by atoms with Gasteiger partial charge in [0.2, 0.25) is 5.91 Å². The van der Waals surface area contributed by atoms with Gasteiger partial charge in [0.05, 0.1) is 0 Å². The molecule has 2 rings (SSSR count). The largest absolute Gasteiger partial charge is 0.352 e. The van der Waals surface area contributed by atoms with Crippen molar-refractivity contribution in [1.29, 1.82) is 0 Å². The zero-order valence-corrected chi connectivity index (χ0v) is 15.6. The molecule has 0 aromatic carbocycles. The number of amides is 1. The number of aryl methyl sites for hydroxylation is 1. The van der Waals surface area contributed by atoms with Gasteiger partial charge >= 0.3 is 0 Å². The minimum atomic E-state index is -0.221. The lowest BCUT2D eigenvalue weighted by Crippen LogP contribution is -2.41. The Bertz CT molecular complexity index is 786. The van der Waals surface area contributed by atoms with E-state index in [9.17, 15) is 9.59 Å². The van der Waals surface area contributed by atoms with E-state index < -0.39 is 0 Å². The summed E-state index contributed by atoms with van der Waals surface area (Å²) in [5.41, 5.74) is 7.39. The second-order valence-electron chi connectivity index (χ2n) is 6.85. The number of nitrogens with one attached hydrogen (secondary N) is 2. The van der Waals surface area contributed by atoms with Crippen LogP contribution in [-0.4, -0.2) is 33.4 Å². The average Bonchev–Trinajstić information content (AvgIpc) is 2.60. The van der Waals surface area contributed by atoms with E-state index in [1.165, 1.54) is 0 Å². The number of rotatable bonds is 8. The fraction of sp³-hybridized carbons (Fsp3) is 0.474. The Kier molecular flexibility index (Phi) is 7.03. The number of hydrogen-bond donors (Lipinski definition) is 3. The Labute approximate surface area is 153 Å². The summed E-state index contributed by atoms with van der Waals surface area (Å²) in [7, 11) is 0. The molecule has 140 valence electrons. The standard InChI is InChI=1S/C19H27N5O2/c1-12(2)9-15(10-20)23-17(25)7-6-16-13(3)22-18(24-19(16)26)14-5-4-8-21-11-14/h4-5,8,11-12,15H,6-7,9-10,20H2,1-3H3,(H,23,25)(H,22,24,26). The molecule has 2 heterocycles. The summed E-state index contributed by atoms with van der Waals surface area (Å²) < 4.78 is 0. The predicted octanol–water partition coefficient (Wildman–Crippen LogP) is 1.56. The summed E-state index contributed by atoms with van der Waals surface area (Å²) in [5, 5.41) is 2.94. The third-order valence-electron chi connectivity index (χ3n) is 4.16. The van der Waals surface area contributed by atoms with E-state index >= 15 is 0 Å². The lowest BCUT2D eigenvalue weighted by molar-refractivity contribution is -0.121. The predicted molar refractivity (Wildman–Crippen MR) is 102 cm³/mol. The number of aromatic amines is 1. The maximum atomic E-state index is 12.4. The molecule has 0 aliphatic carbocycles. The Morgan fingerprint density at radius 2 is 2.15 bits per heavy atom. The van der Waals surface area contributed by atoms with Crippen LogP contribution >= 0.6 is 0 Å². The first-order valence-corrected chi connectivity index (χ1v) is 8.90. The highest BCUT2D eigenvalue weighted by atomic mass is 16.1. The number of aromatic nitrogens is 3. The van der Waals surface area contributed by atoms with Crippen LogP contribution in [0.5, 0.6) is 0 Å². The summed E-state index contributed by atoms with van der Waals surface area (Å²) in [4.78, 5) is 35.8. The smallest absolute Gasteiger partial charge is 0.254 e. The highest BCUT2D eigenvalue weighted by molar-refractivity contribution is 5.76. The highest BCUT2D eigenvalue weighted by Gasteiger charge is 2.15. The molecule has 4 N–H and O–H groups in total. The SMILES string of the molecule is Cc1nc(-c2cccnc2)[nH]c(=O)c1CCC(=O)NC(CN)CC(C)C. The second-order valence-corrected chi connectivity index (χ2v) is 6.85. The summed E-state index contributed by atoms with van der Waals surface area (Å²) in [6.45, 7) is 6.37. The van der Waals surface area contributed by atoms with Crippen molar-refractivity contribution in [3.05, 3.63) is 46.1 Å². The lowest BCUT2D eigenvalue weighted by atomic mass is 10.0. The Hall–Kier alpha value is -2.54. The van der Waals surface area contributed by atoms with Gasteiger partial charge in [0.15, 0.2) is 0 Å². The molecule has 0 aliphatic heterocycles. The van der Waals surface area contributed by atoms with Gasteiger partial charge < -0.3 is 16.0 Å². The van der Waals surface area contributed by atoms with Crippen molar-refractivity contribution in [2.45, 2.75) is 46.1 Å². The van der Waals surface area contributed by atoms with Crippen LogP contribution in [0.2, 0.25) is 0 Å². The number of carbonyl (C=O) groups is 1. The average molecular weight is 357 g/mol. The third kappa shape index (κ3) is 5.49. The molecule has 0 saturated carbocycles. The Morgan fingerprint density at radius 1 is 1.38 bits per heavy atom. The van der Waals surface area contributed by atoms with Gasteiger partial charge in [0.1, 0.15) is 5.82 Å². The molecule has 7 heteroatoms. The van der Waals surface area contributed by atoms with Crippen LogP contribution < -0.4 is 16.6 Å². The van der Waals surface area contributed by atoms with Crippen molar-refractivity contribution in [1.82, 2.24) is 20.3 Å². The van der Waals surface area contributed by atoms with E-state index in [0.29, 0.717) is 36.0 Å². The van der Waals surface area contributed by atoms with Crippen LogP contribution in [0, 0.1) is 12.8 Å².